The predicted octanol–water partition coefficient (Wildman–Crippen LogP) is 3.07. The van der Waals surface area contributed by atoms with E-state index in [1.54, 1.807) is 19.2 Å². The number of phenols is 1. The van der Waals surface area contributed by atoms with Gasteiger partial charge in [-0.2, -0.15) is 0 Å². The Morgan fingerprint density at radius 1 is 1.04 bits per heavy atom. The molecule has 0 amide bonds. The Morgan fingerprint density at radius 3 is 2.33 bits per heavy atom. The number of benzene rings is 2. The fraction of sp³-hybridized carbons (Fsp3) is 0.278. The first-order valence-corrected chi connectivity index (χ1v) is 7.59. The Bertz CT molecular complexity index is 832. The van der Waals surface area contributed by atoms with Gasteiger partial charge in [0.2, 0.25) is 5.75 Å². The lowest BCUT2D eigenvalue weighted by atomic mass is 10.1. The average Bonchev–Trinajstić information content (AvgIpc) is 2.98. The van der Waals surface area contributed by atoms with Crippen LogP contribution in [-0.2, 0) is 11.3 Å². The lowest BCUT2D eigenvalue weighted by molar-refractivity contribution is 0.188. The molecule has 1 aromatic heterocycles. The smallest absolute Gasteiger partial charge is 0.200 e. The number of aromatic hydroxyl groups is 1. The van der Waals surface area contributed by atoms with Crippen LogP contribution < -0.4 is 9.47 Å². The molecule has 6 nitrogen and oxygen atoms in total. The second kappa shape index (κ2) is 6.80. The monoisotopic (exact) mass is 328 g/mol. The molecular weight excluding hydrogens is 308 g/mol. The summed E-state index contributed by atoms with van der Waals surface area (Å²) in [5.41, 5.74) is 2.72. The summed E-state index contributed by atoms with van der Waals surface area (Å²) in [6.45, 7) is 1.23. The van der Waals surface area contributed by atoms with Crippen molar-refractivity contribution in [3.8, 4) is 28.6 Å². The molecule has 0 fully saturated rings. The number of fused-ring (bicyclic) bond motifs is 1. The van der Waals surface area contributed by atoms with Gasteiger partial charge in [-0.3, -0.25) is 0 Å². The van der Waals surface area contributed by atoms with Crippen molar-refractivity contribution in [2.75, 3.05) is 27.9 Å². The van der Waals surface area contributed by atoms with E-state index in [0.717, 1.165) is 22.4 Å². The third kappa shape index (κ3) is 2.76. The quantitative estimate of drug-likeness (QED) is 0.753. The van der Waals surface area contributed by atoms with Crippen molar-refractivity contribution in [1.29, 1.82) is 0 Å². The molecule has 3 aromatic rings. The summed E-state index contributed by atoms with van der Waals surface area (Å²) in [6.07, 6.45) is 0. The van der Waals surface area contributed by atoms with Gasteiger partial charge in [0.25, 0.3) is 0 Å². The van der Waals surface area contributed by atoms with Gasteiger partial charge in [-0.05, 0) is 24.3 Å². The van der Waals surface area contributed by atoms with Crippen molar-refractivity contribution >= 4 is 11.0 Å². The number of ether oxygens (including phenoxy) is 3. The molecule has 0 radical (unpaired) electrons. The van der Waals surface area contributed by atoms with Gasteiger partial charge in [-0.1, -0.05) is 12.1 Å². The standard InChI is InChI=1S/C18H20N2O4/c1-22-9-8-20-14-7-5-4-6-13(14)19-18(20)12-10-15(23-2)17(21)16(11-12)24-3/h4-7,10-11,21H,8-9H2,1-3H3. The number of imidazole rings is 1. The van der Waals surface area contributed by atoms with Crippen LogP contribution in [0.1, 0.15) is 0 Å². The van der Waals surface area contributed by atoms with E-state index in [4.69, 9.17) is 19.2 Å². The minimum atomic E-state index is -0.0247. The fourth-order valence-corrected chi connectivity index (χ4v) is 2.73. The number of phenolic OH excluding ortho intramolecular Hbond substituents is 1. The summed E-state index contributed by atoms with van der Waals surface area (Å²) in [7, 11) is 4.68. The van der Waals surface area contributed by atoms with Crippen molar-refractivity contribution in [2.45, 2.75) is 6.54 Å². The molecule has 0 spiro atoms. The van der Waals surface area contributed by atoms with Crippen molar-refractivity contribution in [3.05, 3.63) is 36.4 Å². The number of hydrogen-bond acceptors (Lipinski definition) is 5. The largest absolute Gasteiger partial charge is 0.502 e. The second-order valence-electron chi connectivity index (χ2n) is 5.30. The molecule has 0 aliphatic carbocycles. The van der Waals surface area contributed by atoms with E-state index in [2.05, 4.69) is 4.57 Å². The number of rotatable bonds is 6. The van der Waals surface area contributed by atoms with Gasteiger partial charge < -0.3 is 23.9 Å². The molecule has 1 heterocycles. The van der Waals surface area contributed by atoms with Gasteiger partial charge in [0.15, 0.2) is 11.5 Å². The Hall–Kier alpha value is -2.73. The third-order valence-electron chi connectivity index (χ3n) is 3.91. The highest BCUT2D eigenvalue weighted by atomic mass is 16.5. The first kappa shape index (κ1) is 16.1. The van der Waals surface area contributed by atoms with Crippen molar-refractivity contribution < 1.29 is 19.3 Å². The Labute approximate surface area is 140 Å². The first-order chi connectivity index (χ1) is 11.7. The second-order valence-corrected chi connectivity index (χ2v) is 5.30. The lowest BCUT2D eigenvalue weighted by Crippen LogP contribution is -2.06. The van der Waals surface area contributed by atoms with Gasteiger partial charge in [0, 0.05) is 19.2 Å². The van der Waals surface area contributed by atoms with Crippen LogP contribution >= 0.6 is 0 Å². The van der Waals surface area contributed by atoms with Crippen LogP contribution in [0.15, 0.2) is 36.4 Å². The molecule has 2 aromatic carbocycles. The number of aromatic nitrogens is 2. The van der Waals surface area contributed by atoms with E-state index in [1.165, 1.54) is 14.2 Å². The maximum absolute atomic E-state index is 10.1. The number of para-hydroxylation sites is 2. The molecule has 6 heteroatoms. The molecule has 0 aliphatic heterocycles. The number of nitrogens with zero attached hydrogens (tertiary/aromatic N) is 2. The summed E-state index contributed by atoms with van der Waals surface area (Å²) in [5, 5.41) is 10.1. The zero-order chi connectivity index (χ0) is 17.1. The summed E-state index contributed by atoms with van der Waals surface area (Å²) < 4.78 is 17.8. The van der Waals surface area contributed by atoms with Gasteiger partial charge in [0.05, 0.1) is 31.9 Å². The van der Waals surface area contributed by atoms with Crippen LogP contribution in [0.3, 0.4) is 0 Å². The molecule has 0 aliphatic rings. The van der Waals surface area contributed by atoms with Crippen LogP contribution in [-0.4, -0.2) is 42.6 Å². The molecule has 0 atom stereocenters. The summed E-state index contributed by atoms with van der Waals surface area (Å²) >= 11 is 0. The molecule has 0 saturated carbocycles. The lowest BCUT2D eigenvalue weighted by Gasteiger charge is -2.13. The van der Waals surface area contributed by atoms with Crippen molar-refractivity contribution in [3.63, 3.8) is 0 Å². The van der Waals surface area contributed by atoms with Gasteiger partial charge in [0.1, 0.15) is 5.82 Å². The maximum Gasteiger partial charge on any atom is 0.200 e. The molecule has 0 bridgehead atoms. The van der Waals surface area contributed by atoms with E-state index in [0.29, 0.717) is 24.7 Å². The van der Waals surface area contributed by atoms with Crippen molar-refractivity contribution in [2.24, 2.45) is 0 Å². The van der Waals surface area contributed by atoms with E-state index < -0.39 is 0 Å². The highest BCUT2D eigenvalue weighted by Gasteiger charge is 2.17. The van der Waals surface area contributed by atoms with Crippen LogP contribution in [0.25, 0.3) is 22.4 Å². The van der Waals surface area contributed by atoms with Crippen LogP contribution in [0.4, 0.5) is 0 Å². The topological polar surface area (TPSA) is 65.7 Å². The van der Waals surface area contributed by atoms with Crippen molar-refractivity contribution in [1.82, 2.24) is 9.55 Å². The Balaban J connectivity index is 2.21. The van der Waals surface area contributed by atoms with Gasteiger partial charge in [-0.25, -0.2) is 4.98 Å². The van der Waals surface area contributed by atoms with Crippen LogP contribution in [0.5, 0.6) is 17.2 Å². The zero-order valence-corrected chi connectivity index (χ0v) is 13.9. The number of hydrogen-bond donors (Lipinski definition) is 1. The average molecular weight is 328 g/mol. The molecular formula is C18H20N2O4. The molecule has 126 valence electrons. The van der Waals surface area contributed by atoms with Crippen LogP contribution in [0.2, 0.25) is 0 Å². The number of methoxy groups -OCH3 is 3. The minimum absolute atomic E-state index is 0.0247. The third-order valence-corrected chi connectivity index (χ3v) is 3.91. The van der Waals surface area contributed by atoms with E-state index in [-0.39, 0.29) is 5.75 Å². The van der Waals surface area contributed by atoms with Gasteiger partial charge in [-0.15, -0.1) is 0 Å². The Kier molecular flexibility index (Phi) is 4.57. The fourth-order valence-electron chi connectivity index (χ4n) is 2.73. The normalized spacial score (nSPS) is 11.0. The van der Waals surface area contributed by atoms with Gasteiger partial charge >= 0.3 is 0 Å². The highest BCUT2D eigenvalue weighted by molar-refractivity contribution is 5.81. The maximum atomic E-state index is 10.1. The van der Waals surface area contributed by atoms with Crippen LogP contribution in [0, 0.1) is 0 Å². The molecule has 24 heavy (non-hydrogen) atoms. The summed E-state index contributed by atoms with van der Waals surface area (Å²) in [5.74, 6) is 1.43. The Morgan fingerprint density at radius 2 is 1.71 bits per heavy atom. The molecule has 0 saturated heterocycles. The van der Waals surface area contributed by atoms with E-state index >= 15 is 0 Å². The summed E-state index contributed by atoms with van der Waals surface area (Å²) in [6, 6.07) is 11.4. The predicted molar refractivity (Wildman–Crippen MR) is 91.8 cm³/mol. The SMILES string of the molecule is COCCn1c(-c2cc(OC)c(O)c(OC)c2)nc2ccccc21. The highest BCUT2D eigenvalue weighted by Crippen LogP contribution is 2.40. The molecule has 3 rings (SSSR count). The molecule has 0 unspecified atom stereocenters. The molecule has 1 N–H and O–H groups in total. The zero-order valence-electron chi connectivity index (χ0n) is 13.9. The first-order valence-electron chi connectivity index (χ1n) is 7.59. The minimum Gasteiger partial charge on any atom is -0.502 e. The van der Waals surface area contributed by atoms with E-state index in [1.807, 2.05) is 24.3 Å². The summed E-state index contributed by atoms with van der Waals surface area (Å²) in [4.78, 5) is 4.73. The van der Waals surface area contributed by atoms with E-state index in [9.17, 15) is 5.11 Å².